The molecule has 1 aromatic carbocycles. The lowest BCUT2D eigenvalue weighted by atomic mass is 9.91. The zero-order valence-corrected chi connectivity index (χ0v) is 16.4. The Labute approximate surface area is 160 Å². The number of benzene rings is 1. The Kier molecular flexibility index (Phi) is 5.29. The predicted octanol–water partition coefficient (Wildman–Crippen LogP) is 2.07. The Hall–Kier alpha value is -1.77. The number of piperidine rings is 1. The van der Waals surface area contributed by atoms with Crippen molar-refractivity contribution in [2.75, 3.05) is 19.6 Å². The largest absolute Gasteiger partial charge is 0.424 e. The van der Waals surface area contributed by atoms with Gasteiger partial charge in [-0.15, -0.1) is 10.2 Å². The summed E-state index contributed by atoms with van der Waals surface area (Å²) in [6.45, 7) is 3.39. The molecule has 0 spiro atoms. The van der Waals surface area contributed by atoms with Crippen LogP contribution >= 0.6 is 0 Å². The molecule has 146 valence electrons. The summed E-state index contributed by atoms with van der Waals surface area (Å²) in [4.78, 5) is 0. The van der Waals surface area contributed by atoms with E-state index in [0.29, 0.717) is 43.8 Å². The Morgan fingerprint density at radius 1 is 1.19 bits per heavy atom. The summed E-state index contributed by atoms with van der Waals surface area (Å²) in [6, 6.07) is 10.3. The highest BCUT2D eigenvalue weighted by molar-refractivity contribution is 7.89. The summed E-state index contributed by atoms with van der Waals surface area (Å²) >= 11 is 0. The molecule has 2 aromatic rings. The summed E-state index contributed by atoms with van der Waals surface area (Å²) in [6.07, 6.45) is 3.34. The molecule has 0 saturated carbocycles. The maximum atomic E-state index is 13.1. The Morgan fingerprint density at radius 2 is 1.93 bits per heavy atom. The molecule has 1 aromatic heterocycles. The van der Waals surface area contributed by atoms with Crippen LogP contribution < -0.4 is 5.32 Å². The fourth-order valence-corrected chi connectivity index (χ4v) is 5.98. The zero-order valence-electron chi connectivity index (χ0n) is 15.5. The topological polar surface area (TPSA) is 88.3 Å². The highest BCUT2D eigenvalue weighted by Crippen LogP contribution is 2.30. The number of aromatic nitrogens is 2. The van der Waals surface area contributed by atoms with Crippen molar-refractivity contribution in [3.05, 3.63) is 47.7 Å². The fraction of sp³-hybridized carbons (Fsp3) is 0.579. The van der Waals surface area contributed by atoms with Gasteiger partial charge in [-0.2, -0.15) is 0 Å². The molecule has 4 rings (SSSR count). The Morgan fingerprint density at radius 3 is 2.59 bits per heavy atom. The highest BCUT2D eigenvalue weighted by atomic mass is 32.2. The summed E-state index contributed by atoms with van der Waals surface area (Å²) < 4.78 is 33.2. The molecule has 2 saturated heterocycles. The van der Waals surface area contributed by atoms with E-state index in [1.165, 1.54) is 5.56 Å². The molecule has 0 bridgehead atoms. The van der Waals surface area contributed by atoms with Crippen LogP contribution in [0.25, 0.3) is 0 Å². The van der Waals surface area contributed by atoms with Gasteiger partial charge in [-0.3, -0.25) is 0 Å². The maximum Gasteiger partial charge on any atom is 0.233 e. The molecule has 2 aliphatic rings. The lowest BCUT2D eigenvalue weighted by molar-refractivity contribution is 0.270. The second-order valence-electron chi connectivity index (χ2n) is 7.55. The molecule has 0 radical (unpaired) electrons. The van der Waals surface area contributed by atoms with Crippen molar-refractivity contribution in [2.45, 2.75) is 43.9 Å². The standard InChI is InChI=1S/C19H26N4O3S/c1-14-21-22-19(26-14)18-12-17(13-20-18)27(24,25)23-9-7-16(8-10-23)11-15-5-3-2-4-6-15/h2-6,16-18,20H,7-13H2,1H3. The summed E-state index contributed by atoms with van der Waals surface area (Å²) in [5.74, 6) is 1.53. The highest BCUT2D eigenvalue weighted by Gasteiger charge is 2.41. The second kappa shape index (κ2) is 7.69. The molecule has 3 heterocycles. The van der Waals surface area contributed by atoms with E-state index < -0.39 is 15.3 Å². The molecule has 0 aliphatic carbocycles. The van der Waals surface area contributed by atoms with Gasteiger partial charge in [0, 0.05) is 26.6 Å². The van der Waals surface area contributed by atoms with E-state index >= 15 is 0 Å². The minimum Gasteiger partial charge on any atom is -0.424 e. The molecule has 7 nitrogen and oxygen atoms in total. The fourth-order valence-electron chi connectivity index (χ4n) is 4.10. The first-order valence-electron chi connectivity index (χ1n) is 9.58. The van der Waals surface area contributed by atoms with Crippen LogP contribution in [0.3, 0.4) is 0 Å². The van der Waals surface area contributed by atoms with Crippen LogP contribution in [0.5, 0.6) is 0 Å². The first-order valence-corrected chi connectivity index (χ1v) is 11.1. The second-order valence-corrected chi connectivity index (χ2v) is 9.77. The van der Waals surface area contributed by atoms with E-state index in [-0.39, 0.29) is 6.04 Å². The molecular weight excluding hydrogens is 364 g/mol. The van der Waals surface area contributed by atoms with Gasteiger partial charge in [-0.05, 0) is 37.2 Å². The minimum absolute atomic E-state index is 0.179. The van der Waals surface area contributed by atoms with Crippen molar-refractivity contribution in [1.29, 1.82) is 0 Å². The number of sulfonamides is 1. The quantitative estimate of drug-likeness (QED) is 0.841. The smallest absolute Gasteiger partial charge is 0.233 e. The van der Waals surface area contributed by atoms with E-state index in [0.717, 1.165) is 19.3 Å². The van der Waals surface area contributed by atoms with Crippen LogP contribution in [0.2, 0.25) is 0 Å². The van der Waals surface area contributed by atoms with Gasteiger partial charge in [0.2, 0.25) is 21.8 Å². The van der Waals surface area contributed by atoms with Gasteiger partial charge in [-0.25, -0.2) is 12.7 Å². The van der Waals surface area contributed by atoms with E-state index in [4.69, 9.17) is 4.42 Å². The lowest BCUT2D eigenvalue weighted by Crippen LogP contribution is -2.44. The van der Waals surface area contributed by atoms with Crippen LogP contribution in [-0.2, 0) is 16.4 Å². The van der Waals surface area contributed by atoms with E-state index in [2.05, 4.69) is 39.8 Å². The first-order chi connectivity index (χ1) is 13.0. The van der Waals surface area contributed by atoms with Crippen LogP contribution in [-0.4, -0.2) is 47.8 Å². The maximum absolute atomic E-state index is 13.1. The van der Waals surface area contributed by atoms with Gasteiger partial charge < -0.3 is 9.73 Å². The third-order valence-electron chi connectivity index (χ3n) is 5.65. The first kappa shape index (κ1) is 18.6. The van der Waals surface area contributed by atoms with Gasteiger partial charge in [0.15, 0.2) is 0 Å². The third-order valence-corrected chi connectivity index (χ3v) is 7.94. The minimum atomic E-state index is -3.31. The van der Waals surface area contributed by atoms with Gasteiger partial charge in [0.25, 0.3) is 0 Å². The van der Waals surface area contributed by atoms with Gasteiger partial charge in [0.05, 0.1) is 11.3 Å². The van der Waals surface area contributed by atoms with Crippen molar-refractivity contribution in [3.63, 3.8) is 0 Å². The third kappa shape index (κ3) is 4.07. The van der Waals surface area contributed by atoms with Crippen molar-refractivity contribution in [2.24, 2.45) is 5.92 Å². The lowest BCUT2D eigenvalue weighted by Gasteiger charge is -2.33. The van der Waals surface area contributed by atoms with Crippen molar-refractivity contribution in [1.82, 2.24) is 19.8 Å². The van der Waals surface area contributed by atoms with Crippen LogP contribution in [0.15, 0.2) is 34.7 Å². The van der Waals surface area contributed by atoms with Gasteiger partial charge >= 0.3 is 0 Å². The van der Waals surface area contributed by atoms with Gasteiger partial charge in [-0.1, -0.05) is 30.3 Å². The number of nitrogens with zero attached hydrogens (tertiary/aromatic N) is 3. The monoisotopic (exact) mass is 390 g/mol. The predicted molar refractivity (Wildman–Crippen MR) is 102 cm³/mol. The van der Waals surface area contributed by atoms with Crippen molar-refractivity contribution >= 4 is 10.0 Å². The number of aryl methyl sites for hydroxylation is 1. The van der Waals surface area contributed by atoms with E-state index in [1.54, 1.807) is 11.2 Å². The number of hydrogen-bond acceptors (Lipinski definition) is 6. The van der Waals surface area contributed by atoms with Crippen LogP contribution in [0, 0.1) is 12.8 Å². The van der Waals surface area contributed by atoms with Crippen molar-refractivity contribution < 1.29 is 12.8 Å². The van der Waals surface area contributed by atoms with Gasteiger partial charge in [0.1, 0.15) is 0 Å². The average molecular weight is 391 g/mol. The molecular formula is C19H26N4O3S. The summed E-state index contributed by atoms with van der Waals surface area (Å²) in [5.41, 5.74) is 1.33. The number of nitrogens with one attached hydrogen (secondary N) is 1. The molecule has 2 fully saturated rings. The van der Waals surface area contributed by atoms with Crippen LogP contribution in [0.1, 0.15) is 42.6 Å². The van der Waals surface area contributed by atoms with E-state index in [9.17, 15) is 8.42 Å². The summed E-state index contributed by atoms with van der Waals surface area (Å²) in [7, 11) is -3.31. The Balaban J connectivity index is 1.33. The molecule has 1 N–H and O–H groups in total. The van der Waals surface area contributed by atoms with Crippen molar-refractivity contribution in [3.8, 4) is 0 Å². The molecule has 2 atom stereocenters. The van der Waals surface area contributed by atoms with E-state index in [1.807, 2.05) is 6.07 Å². The Bertz CT molecular complexity index is 860. The number of hydrogen-bond donors (Lipinski definition) is 1. The summed E-state index contributed by atoms with van der Waals surface area (Å²) in [5, 5.41) is 10.6. The number of rotatable bonds is 5. The molecule has 27 heavy (non-hydrogen) atoms. The molecule has 0 amide bonds. The SMILES string of the molecule is Cc1nnc(C2CC(S(=O)(=O)N3CCC(Cc4ccccc4)CC3)CN2)o1. The zero-order chi connectivity index (χ0) is 18.9. The van der Waals surface area contributed by atoms with Crippen LogP contribution in [0.4, 0.5) is 0 Å². The molecule has 8 heteroatoms. The normalized spacial score (nSPS) is 25.1. The molecule has 2 unspecified atom stereocenters. The average Bonchev–Trinajstić information content (AvgIpc) is 3.32. The molecule has 2 aliphatic heterocycles.